The molecule has 1 spiro atoms. The smallest absolute Gasteiger partial charge is 0.227 e. The van der Waals surface area contributed by atoms with Crippen molar-refractivity contribution in [3.8, 4) is 0 Å². The topological polar surface area (TPSA) is 67.7 Å². The van der Waals surface area contributed by atoms with E-state index < -0.39 is 5.72 Å². The molecule has 3 aliphatic rings. The SMILES string of the molecule is CCc1nc2ccccc2n1CCC(=O)N1CC[C@@]23OCCCN2C(=O)C[C@@H]13. The molecular formula is C21H26N4O3. The van der Waals surface area contributed by atoms with Gasteiger partial charge in [-0.15, -0.1) is 0 Å². The molecule has 2 aromatic rings. The third kappa shape index (κ3) is 2.49. The normalized spacial score (nSPS) is 26.8. The van der Waals surface area contributed by atoms with Crippen LogP contribution in [0, 0.1) is 0 Å². The number of ether oxygens (including phenoxy) is 1. The van der Waals surface area contributed by atoms with Gasteiger partial charge in [-0.3, -0.25) is 9.59 Å². The van der Waals surface area contributed by atoms with Crippen LogP contribution in [0.15, 0.2) is 24.3 Å². The molecule has 5 rings (SSSR count). The number of aromatic nitrogens is 2. The first-order valence-corrected chi connectivity index (χ1v) is 10.3. The van der Waals surface area contributed by atoms with Crippen LogP contribution in [0.1, 0.15) is 38.4 Å². The maximum absolute atomic E-state index is 13.1. The van der Waals surface area contributed by atoms with E-state index in [-0.39, 0.29) is 17.9 Å². The summed E-state index contributed by atoms with van der Waals surface area (Å²) in [7, 11) is 0. The van der Waals surface area contributed by atoms with Crippen LogP contribution in [0.4, 0.5) is 0 Å². The minimum atomic E-state index is -0.568. The summed E-state index contributed by atoms with van der Waals surface area (Å²) in [4.78, 5) is 34.0. The van der Waals surface area contributed by atoms with Gasteiger partial charge in [0.15, 0.2) is 5.72 Å². The van der Waals surface area contributed by atoms with Gasteiger partial charge in [0.2, 0.25) is 11.8 Å². The Morgan fingerprint density at radius 1 is 1.32 bits per heavy atom. The quantitative estimate of drug-likeness (QED) is 0.811. The van der Waals surface area contributed by atoms with Gasteiger partial charge in [-0.25, -0.2) is 4.98 Å². The van der Waals surface area contributed by atoms with Gasteiger partial charge < -0.3 is 19.1 Å². The summed E-state index contributed by atoms with van der Waals surface area (Å²) in [5, 5.41) is 0. The zero-order valence-corrected chi connectivity index (χ0v) is 16.3. The van der Waals surface area contributed by atoms with Crippen LogP contribution in [0.25, 0.3) is 11.0 Å². The first-order valence-electron chi connectivity index (χ1n) is 10.3. The molecule has 0 saturated carbocycles. The Morgan fingerprint density at radius 2 is 2.18 bits per heavy atom. The van der Waals surface area contributed by atoms with Crippen LogP contribution >= 0.6 is 0 Å². The number of aryl methyl sites for hydroxylation is 2. The average molecular weight is 382 g/mol. The molecule has 3 saturated heterocycles. The van der Waals surface area contributed by atoms with Crippen molar-refractivity contribution in [2.24, 2.45) is 0 Å². The summed E-state index contributed by atoms with van der Waals surface area (Å²) in [6.07, 6.45) is 3.23. The van der Waals surface area contributed by atoms with E-state index in [1.807, 2.05) is 28.0 Å². The molecule has 2 amide bonds. The van der Waals surface area contributed by atoms with E-state index in [1.165, 1.54) is 0 Å². The highest BCUT2D eigenvalue weighted by Crippen LogP contribution is 2.45. The zero-order chi connectivity index (χ0) is 19.3. The maximum atomic E-state index is 13.1. The summed E-state index contributed by atoms with van der Waals surface area (Å²) in [6, 6.07) is 7.92. The number of amides is 2. The largest absolute Gasteiger partial charge is 0.353 e. The van der Waals surface area contributed by atoms with Gasteiger partial charge in [-0.2, -0.15) is 0 Å². The van der Waals surface area contributed by atoms with E-state index in [4.69, 9.17) is 4.74 Å². The highest BCUT2D eigenvalue weighted by atomic mass is 16.5. The number of para-hydroxylation sites is 2. The van der Waals surface area contributed by atoms with Gasteiger partial charge in [0.1, 0.15) is 5.82 Å². The lowest BCUT2D eigenvalue weighted by atomic mass is 10.0. The third-order valence-electron chi connectivity index (χ3n) is 6.53. The van der Waals surface area contributed by atoms with E-state index in [9.17, 15) is 9.59 Å². The minimum Gasteiger partial charge on any atom is -0.353 e. The van der Waals surface area contributed by atoms with Gasteiger partial charge in [-0.1, -0.05) is 19.1 Å². The second-order valence-corrected chi connectivity index (χ2v) is 7.92. The van der Waals surface area contributed by atoms with Crippen LogP contribution in [-0.4, -0.2) is 62.6 Å². The number of carbonyl (C=O) groups excluding carboxylic acids is 2. The maximum Gasteiger partial charge on any atom is 0.227 e. The summed E-state index contributed by atoms with van der Waals surface area (Å²) in [5.74, 6) is 1.23. The van der Waals surface area contributed by atoms with Gasteiger partial charge in [0.05, 0.1) is 30.1 Å². The predicted octanol–water partition coefficient (Wildman–Crippen LogP) is 1.94. The van der Waals surface area contributed by atoms with E-state index >= 15 is 0 Å². The molecule has 7 heteroatoms. The lowest BCUT2D eigenvalue weighted by Crippen LogP contribution is -2.56. The van der Waals surface area contributed by atoms with Crippen molar-refractivity contribution in [3.63, 3.8) is 0 Å². The first-order chi connectivity index (χ1) is 13.6. The Balaban J connectivity index is 1.34. The second-order valence-electron chi connectivity index (χ2n) is 7.92. The lowest BCUT2D eigenvalue weighted by molar-refractivity contribution is -0.181. The molecule has 7 nitrogen and oxygen atoms in total. The second kappa shape index (κ2) is 6.58. The van der Waals surface area contributed by atoms with Gasteiger partial charge in [0.25, 0.3) is 0 Å². The van der Waals surface area contributed by atoms with Crippen molar-refractivity contribution in [2.75, 3.05) is 19.7 Å². The fourth-order valence-electron chi connectivity index (χ4n) is 5.24. The standard InChI is InChI=1S/C21H26N4O3/c1-2-18-22-15-6-3-4-7-16(15)23(18)11-8-19(26)24-12-9-21-17(24)14-20(27)25(21)10-5-13-28-21/h3-4,6-7,17H,2,5,8-14H2,1H3/t17-,21+/m1/s1. The number of imidazole rings is 1. The first kappa shape index (κ1) is 17.7. The van der Waals surface area contributed by atoms with Gasteiger partial charge >= 0.3 is 0 Å². The molecule has 0 bridgehead atoms. The number of fused-ring (bicyclic) bond motifs is 1. The number of hydrogen-bond acceptors (Lipinski definition) is 4. The molecule has 148 valence electrons. The number of likely N-dealkylation sites (tertiary alicyclic amines) is 1. The Hall–Kier alpha value is -2.41. The van der Waals surface area contributed by atoms with Gasteiger partial charge in [-0.05, 0) is 18.6 Å². The summed E-state index contributed by atoms with van der Waals surface area (Å²) in [6.45, 7) is 4.78. The van der Waals surface area contributed by atoms with Crippen LogP contribution < -0.4 is 0 Å². The predicted molar refractivity (Wildman–Crippen MR) is 103 cm³/mol. The minimum absolute atomic E-state index is 0.102. The van der Waals surface area contributed by atoms with Crippen molar-refractivity contribution >= 4 is 22.8 Å². The molecule has 0 N–H and O–H groups in total. The summed E-state index contributed by atoms with van der Waals surface area (Å²) >= 11 is 0. The van der Waals surface area contributed by atoms with Crippen molar-refractivity contribution < 1.29 is 14.3 Å². The van der Waals surface area contributed by atoms with Crippen molar-refractivity contribution in [1.29, 1.82) is 0 Å². The van der Waals surface area contributed by atoms with Crippen molar-refractivity contribution in [1.82, 2.24) is 19.4 Å². The number of rotatable bonds is 4. The molecule has 0 unspecified atom stereocenters. The molecule has 1 aromatic heterocycles. The number of carbonyl (C=O) groups is 2. The van der Waals surface area contributed by atoms with Crippen LogP contribution in [0.5, 0.6) is 0 Å². The van der Waals surface area contributed by atoms with E-state index in [2.05, 4.69) is 22.5 Å². The van der Waals surface area contributed by atoms with Crippen LogP contribution in [-0.2, 0) is 27.3 Å². The Kier molecular flexibility index (Phi) is 4.16. The molecule has 3 aliphatic heterocycles. The average Bonchev–Trinajstić information content (AvgIpc) is 3.33. The molecule has 4 heterocycles. The highest BCUT2D eigenvalue weighted by molar-refractivity contribution is 5.84. The number of benzene rings is 1. The summed E-state index contributed by atoms with van der Waals surface area (Å²) in [5.41, 5.74) is 1.48. The third-order valence-corrected chi connectivity index (χ3v) is 6.53. The van der Waals surface area contributed by atoms with E-state index in [0.29, 0.717) is 32.5 Å². The Bertz CT molecular complexity index is 939. The van der Waals surface area contributed by atoms with Crippen molar-refractivity contribution in [3.05, 3.63) is 30.1 Å². The fourth-order valence-corrected chi connectivity index (χ4v) is 5.24. The molecule has 3 fully saturated rings. The van der Waals surface area contributed by atoms with Gasteiger partial charge in [0, 0.05) is 38.9 Å². The highest BCUT2D eigenvalue weighted by Gasteiger charge is 2.61. The lowest BCUT2D eigenvalue weighted by Gasteiger charge is -2.42. The molecule has 2 atom stereocenters. The Morgan fingerprint density at radius 3 is 3.04 bits per heavy atom. The molecule has 0 radical (unpaired) electrons. The molecule has 0 aliphatic carbocycles. The van der Waals surface area contributed by atoms with Crippen LogP contribution in [0.2, 0.25) is 0 Å². The monoisotopic (exact) mass is 382 g/mol. The summed E-state index contributed by atoms with van der Waals surface area (Å²) < 4.78 is 8.26. The van der Waals surface area contributed by atoms with E-state index in [1.54, 1.807) is 0 Å². The van der Waals surface area contributed by atoms with Crippen LogP contribution in [0.3, 0.4) is 0 Å². The van der Waals surface area contributed by atoms with E-state index in [0.717, 1.165) is 42.7 Å². The molecule has 28 heavy (non-hydrogen) atoms. The molecule has 1 aromatic carbocycles. The Labute approximate surface area is 164 Å². The number of nitrogens with zero attached hydrogens (tertiary/aromatic N) is 4. The fraction of sp³-hybridized carbons (Fsp3) is 0.571. The zero-order valence-electron chi connectivity index (χ0n) is 16.3. The molecular weight excluding hydrogens is 356 g/mol. The number of hydrogen-bond donors (Lipinski definition) is 0. The van der Waals surface area contributed by atoms with Crippen molar-refractivity contribution in [2.45, 2.75) is 57.3 Å².